The Balaban J connectivity index is 3.17. The summed E-state index contributed by atoms with van der Waals surface area (Å²) in [5.74, 6) is -1.12. The van der Waals surface area contributed by atoms with Crippen molar-refractivity contribution in [1.29, 1.82) is 0 Å². The summed E-state index contributed by atoms with van der Waals surface area (Å²) in [7, 11) is 0. The van der Waals surface area contributed by atoms with E-state index in [0.29, 0.717) is 18.7 Å². The molecule has 108 valence electrons. The van der Waals surface area contributed by atoms with Crippen LogP contribution < -0.4 is 5.32 Å². The third kappa shape index (κ3) is 3.98. The summed E-state index contributed by atoms with van der Waals surface area (Å²) in [5.41, 5.74) is 0.0856. The van der Waals surface area contributed by atoms with Crippen LogP contribution in [0.4, 0.5) is 8.78 Å². The van der Waals surface area contributed by atoms with Crippen molar-refractivity contribution in [2.75, 3.05) is 13.2 Å². The van der Waals surface area contributed by atoms with Crippen molar-refractivity contribution in [1.82, 2.24) is 5.32 Å². The van der Waals surface area contributed by atoms with Gasteiger partial charge in [-0.15, -0.1) is 0 Å². The van der Waals surface area contributed by atoms with E-state index < -0.39 is 17.2 Å². The zero-order chi connectivity index (χ0) is 14.5. The lowest BCUT2D eigenvalue weighted by Crippen LogP contribution is -2.43. The standard InChI is InChI=1S/C15H23F2NO/c1-5-15(4,19-7-3)14(18-6-2)11-8-12(16)10-13(17)9-11/h8-10,14,18H,5-7H2,1-4H3. The molecule has 1 rings (SSSR count). The highest BCUT2D eigenvalue weighted by Gasteiger charge is 2.34. The average Bonchev–Trinajstić information content (AvgIpc) is 2.34. The summed E-state index contributed by atoms with van der Waals surface area (Å²) in [6.07, 6.45) is 0.747. The summed E-state index contributed by atoms with van der Waals surface area (Å²) in [4.78, 5) is 0. The van der Waals surface area contributed by atoms with E-state index in [0.717, 1.165) is 12.5 Å². The van der Waals surface area contributed by atoms with E-state index in [9.17, 15) is 8.78 Å². The van der Waals surface area contributed by atoms with Gasteiger partial charge in [0.2, 0.25) is 0 Å². The molecule has 0 bridgehead atoms. The van der Waals surface area contributed by atoms with Crippen LogP contribution in [0.5, 0.6) is 0 Å². The molecule has 0 aliphatic rings. The van der Waals surface area contributed by atoms with Gasteiger partial charge in [-0.3, -0.25) is 0 Å². The molecule has 0 saturated carbocycles. The van der Waals surface area contributed by atoms with Gasteiger partial charge < -0.3 is 10.1 Å². The number of nitrogens with one attached hydrogen (secondary N) is 1. The molecule has 19 heavy (non-hydrogen) atoms. The smallest absolute Gasteiger partial charge is 0.126 e. The number of likely N-dealkylation sites (N-methyl/N-ethyl adjacent to an activating group) is 1. The topological polar surface area (TPSA) is 21.3 Å². The van der Waals surface area contributed by atoms with Gasteiger partial charge in [0.15, 0.2) is 0 Å². The molecule has 0 aromatic heterocycles. The second-order valence-corrected chi connectivity index (χ2v) is 4.79. The summed E-state index contributed by atoms with van der Waals surface area (Å²) in [5, 5.41) is 3.27. The van der Waals surface area contributed by atoms with Crippen molar-refractivity contribution in [3.05, 3.63) is 35.4 Å². The van der Waals surface area contributed by atoms with E-state index in [4.69, 9.17) is 4.74 Å². The highest BCUT2D eigenvalue weighted by atomic mass is 19.1. The molecule has 0 amide bonds. The Hall–Kier alpha value is -1.00. The van der Waals surface area contributed by atoms with Crippen LogP contribution >= 0.6 is 0 Å². The molecule has 0 radical (unpaired) electrons. The third-order valence-corrected chi connectivity index (χ3v) is 3.41. The van der Waals surface area contributed by atoms with Gasteiger partial charge in [-0.05, 0) is 44.5 Å². The number of ether oxygens (including phenoxy) is 1. The second kappa shape index (κ2) is 6.96. The molecule has 2 atom stereocenters. The van der Waals surface area contributed by atoms with Gasteiger partial charge in [0.25, 0.3) is 0 Å². The van der Waals surface area contributed by atoms with E-state index in [2.05, 4.69) is 5.32 Å². The van der Waals surface area contributed by atoms with Gasteiger partial charge in [-0.25, -0.2) is 8.78 Å². The summed E-state index contributed by atoms with van der Waals surface area (Å²) >= 11 is 0. The Morgan fingerprint density at radius 1 is 1.16 bits per heavy atom. The van der Waals surface area contributed by atoms with Gasteiger partial charge in [-0.1, -0.05) is 13.8 Å². The van der Waals surface area contributed by atoms with Crippen molar-refractivity contribution < 1.29 is 13.5 Å². The van der Waals surface area contributed by atoms with Gasteiger partial charge in [0, 0.05) is 12.7 Å². The summed E-state index contributed by atoms with van der Waals surface area (Å²) < 4.78 is 32.6. The average molecular weight is 271 g/mol. The van der Waals surface area contributed by atoms with Crippen LogP contribution in [0.1, 0.15) is 45.7 Å². The van der Waals surface area contributed by atoms with Crippen LogP contribution in [0.15, 0.2) is 18.2 Å². The first-order valence-electron chi connectivity index (χ1n) is 6.80. The minimum Gasteiger partial charge on any atom is -0.374 e. The van der Waals surface area contributed by atoms with Gasteiger partial charge in [-0.2, -0.15) is 0 Å². The van der Waals surface area contributed by atoms with Crippen LogP contribution in [-0.2, 0) is 4.74 Å². The molecule has 4 heteroatoms. The zero-order valence-corrected chi connectivity index (χ0v) is 12.1. The number of benzene rings is 1. The van der Waals surface area contributed by atoms with Crippen molar-refractivity contribution in [3.8, 4) is 0 Å². The molecule has 0 aliphatic carbocycles. The van der Waals surface area contributed by atoms with Crippen molar-refractivity contribution >= 4 is 0 Å². The highest BCUT2D eigenvalue weighted by Crippen LogP contribution is 2.32. The lowest BCUT2D eigenvalue weighted by Gasteiger charge is -2.37. The van der Waals surface area contributed by atoms with Gasteiger partial charge in [0.1, 0.15) is 11.6 Å². The normalized spacial score (nSPS) is 16.1. The molecule has 1 N–H and O–H groups in total. The SMILES string of the molecule is CCNC(c1cc(F)cc(F)c1)C(C)(CC)OCC. The fourth-order valence-electron chi connectivity index (χ4n) is 2.35. The molecule has 0 spiro atoms. The zero-order valence-electron chi connectivity index (χ0n) is 12.1. The number of hydrogen-bond acceptors (Lipinski definition) is 2. The Morgan fingerprint density at radius 2 is 1.74 bits per heavy atom. The maximum absolute atomic E-state index is 13.4. The molecule has 2 nitrogen and oxygen atoms in total. The molecule has 0 heterocycles. The van der Waals surface area contributed by atoms with Crippen molar-refractivity contribution in [2.45, 2.75) is 45.8 Å². The van der Waals surface area contributed by atoms with Crippen LogP contribution in [-0.4, -0.2) is 18.8 Å². The molecule has 0 aliphatic heterocycles. The lowest BCUT2D eigenvalue weighted by atomic mass is 9.87. The van der Waals surface area contributed by atoms with Crippen molar-refractivity contribution in [3.63, 3.8) is 0 Å². The Kier molecular flexibility index (Phi) is 5.88. The van der Waals surface area contributed by atoms with E-state index in [-0.39, 0.29) is 6.04 Å². The van der Waals surface area contributed by atoms with Gasteiger partial charge in [0.05, 0.1) is 11.6 Å². The van der Waals surface area contributed by atoms with E-state index in [1.807, 2.05) is 27.7 Å². The van der Waals surface area contributed by atoms with Gasteiger partial charge >= 0.3 is 0 Å². The van der Waals surface area contributed by atoms with E-state index in [1.54, 1.807) is 0 Å². The monoisotopic (exact) mass is 271 g/mol. The molecular formula is C15H23F2NO. The van der Waals surface area contributed by atoms with Crippen LogP contribution in [0.2, 0.25) is 0 Å². The lowest BCUT2D eigenvalue weighted by molar-refractivity contribution is -0.0561. The van der Waals surface area contributed by atoms with Crippen molar-refractivity contribution in [2.24, 2.45) is 0 Å². The minimum atomic E-state index is -0.562. The Labute approximate surface area is 114 Å². The van der Waals surface area contributed by atoms with E-state index >= 15 is 0 Å². The first-order valence-corrected chi connectivity index (χ1v) is 6.80. The number of rotatable bonds is 7. The van der Waals surface area contributed by atoms with E-state index in [1.165, 1.54) is 12.1 Å². The van der Waals surface area contributed by atoms with Crippen LogP contribution in [0.3, 0.4) is 0 Å². The second-order valence-electron chi connectivity index (χ2n) is 4.79. The molecule has 2 unspecified atom stereocenters. The predicted molar refractivity (Wildman–Crippen MR) is 73.1 cm³/mol. The minimum absolute atomic E-state index is 0.243. The Bertz CT molecular complexity index is 391. The maximum Gasteiger partial charge on any atom is 0.126 e. The first kappa shape index (κ1) is 16.1. The number of hydrogen-bond donors (Lipinski definition) is 1. The Morgan fingerprint density at radius 3 is 2.16 bits per heavy atom. The molecule has 0 saturated heterocycles. The molecular weight excluding hydrogens is 248 g/mol. The maximum atomic E-state index is 13.4. The first-order chi connectivity index (χ1) is 8.96. The quantitative estimate of drug-likeness (QED) is 0.814. The fourth-order valence-corrected chi connectivity index (χ4v) is 2.35. The molecule has 0 fully saturated rings. The summed E-state index contributed by atoms with van der Waals surface area (Å²) in [6, 6.07) is 3.37. The highest BCUT2D eigenvalue weighted by molar-refractivity contribution is 5.24. The third-order valence-electron chi connectivity index (χ3n) is 3.41. The number of halogens is 2. The van der Waals surface area contributed by atoms with Crippen LogP contribution in [0, 0.1) is 11.6 Å². The van der Waals surface area contributed by atoms with Crippen LogP contribution in [0.25, 0.3) is 0 Å². The fraction of sp³-hybridized carbons (Fsp3) is 0.600. The predicted octanol–water partition coefficient (Wildman–Crippen LogP) is 3.82. The molecule has 1 aromatic rings. The summed E-state index contributed by atoms with van der Waals surface area (Å²) in [6.45, 7) is 9.12. The molecule has 1 aromatic carbocycles. The largest absolute Gasteiger partial charge is 0.374 e.